The van der Waals surface area contributed by atoms with Gasteiger partial charge in [-0.15, -0.1) is 0 Å². The topological polar surface area (TPSA) is 64.4 Å². The molecule has 1 saturated carbocycles. The Labute approximate surface area is 143 Å². The first kappa shape index (κ1) is 16.1. The van der Waals surface area contributed by atoms with Gasteiger partial charge in [0.1, 0.15) is 0 Å². The molecule has 1 fully saturated rings. The molecule has 5 nitrogen and oxygen atoms in total. The number of amides is 1. The van der Waals surface area contributed by atoms with E-state index >= 15 is 0 Å². The van der Waals surface area contributed by atoms with Crippen molar-refractivity contribution in [2.24, 2.45) is 5.92 Å². The minimum atomic E-state index is -0.350. The van der Waals surface area contributed by atoms with Crippen LogP contribution in [0.3, 0.4) is 0 Å². The summed E-state index contributed by atoms with van der Waals surface area (Å²) in [4.78, 5) is 16.4. The number of pyridine rings is 1. The highest BCUT2D eigenvalue weighted by Gasteiger charge is 2.17. The van der Waals surface area contributed by atoms with E-state index in [4.69, 9.17) is 9.15 Å². The van der Waals surface area contributed by atoms with Crippen LogP contribution in [-0.2, 0) is 0 Å². The van der Waals surface area contributed by atoms with E-state index in [1.54, 1.807) is 24.4 Å². The van der Waals surface area contributed by atoms with Crippen molar-refractivity contribution in [3.8, 4) is 5.75 Å². The second-order valence-electron chi connectivity index (χ2n) is 5.72. The molecule has 0 bridgehead atoms. The molecule has 1 aliphatic carbocycles. The van der Waals surface area contributed by atoms with Crippen LogP contribution in [0.2, 0.25) is 0 Å². The minimum absolute atomic E-state index is 0.223. The van der Waals surface area contributed by atoms with Gasteiger partial charge in [-0.2, -0.15) is 0 Å². The van der Waals surface area contributed by atoms with Crippen LogP contribution in [0.1, 0.15) is 42.7 Å². The Morgan fingerprint density at radius 1 is 1.30 bits per heavy atom. The first-order valence-corrected chi connectivity index (χ1v) is 8.66. The highest BCUT2D eigenvalue weighted by atomic mass is 79.9. The van der Waals surface area contributed by atoms with Crippen molar-refractivity contribution in [2.75, 3.05) is 11.9 Å². The number of hydrogen-bond donors (Lipinski definition) is 1. The minimum Gasteiger partial charge on any atom is -0.489 e. The van der Waals surface area contributed by atoms with Crippen molar-refractivity contribution < 1.29 is 13.9 Å². The van der Waals surface area contributed by atoms with E-state index in [2.05, 4.69) is 26.2 Å². The van der Waals surface area contributed by atoms with Crippen LogP contribution in [0, 0.1) is 5.92 Å². The van der Waals surface area contributed by atoms with Gasteiger partial charge < -0.3 is 14.5 Å². The lowest BCUT2D eigenvalue weighted by molar-refractivity contribution is 0.0994. The maximum Gasteiger partial charge on any atom is 0.292 e. The monoisotopic (exact) mass is 378 g/mol. The Kier molecular flexibility index (Phi) is 5.33. The van der Waals surface area contributed by atoms with Crippen molar-refractivity contribution in [1.29, 1.82) is 0 Å². The predicted octanol–water partition coefficient (Wildman–Crippen LogP) is 4.65. The maximum atomic E-state index is 12.2. The summed E-state index contributed by atoms with van der Waals surface area (Å²) in [6.07, 6.45) is 7.92. The molecule has 0 radical (unpaired) electrons. The Morgan fingerprint density at radius 2 is 2.13 bits per heavy atom. The molecule has 0 aromatic carbocycles. The van der Waals surface area contributed by atoms with E-state index < -0.39 is 0 Å². The summed E-state index contributed by atoms with van der Waals surface area (Å²) in [6, 6.07) is 6.90. The average molecular weight is 379 g/mol. The number of carbonyl (C=O) groups excluding carboxylic acids is 1. The van der Waals surface area contributed by atoms with Crippen LogP contribution >= 0.6 is 15.9 Å². The highest BCUT2D eigenvalue weighted by molar-refractivity contribution is 9.10. The molecule has 0 saturated heterocycles. The number of furan rings is 1. The van der Waals surface area contributed by atoms with Gasteiger partial charge in [-0.3, -0.25) is 4.79 Å². The van der Waals surface area contributed by atoms with Crippen LogP contribution in [0.25, 0.3) is 0 Å². The largest absolute Gasteiger partial charge is 0.489 e. The zero-order valence-corrected chi connectivity index (χ0v) is 14.3. The number of aromatic nitrogens is 1. The lowest BCUT2D eigenvalue weighted by Gasteiger charge is -2.22. The van der Waals surface area contributed by atoms with E-state index in [9.17, 15) is 4.79 Å². The molecule has 2 aromatic rings. The summed E-state index contributed by atoms with van der Waals surface area (Å²) < 4.78 is 11.7. The summed E-state index contributed by atoms with van der Waals surface area (Å²) in [5.41, 5.74) is 0. The molecule has 0 atom stereocenters. The Bertz CT molecular complexity index is 665. The van der Waals surface area contributed by atoms with Crippen LogP contribution in [0.5, 0.6) is 5.75 Å². The van der Waals surface area contributed by atoms with Gasteiger partial charge in [0, 0.05) is 6.20 Å². The van der Waals surface area contributed by atoms with E-state index in [1.165, 1.54) is 32.1 Å². The lowest BCUT2D eigenvalue weighted by Crippen LogP contribution is -2.17. The standard InChI is InChI=1S/C17H19BrN2O3/c18-15-9-8-14(23-15)17(21)20-16-13(7-4-10-19-16)22-11-12-5-2-1-3-6-12/h4,7-10,12H,1-3,5-6,11H2,(H,19,20,21). The molecule has 0 unspecified atom stereocenters. The zero-order valence-electron chi connectivity index (χ0n) is 12.8. The molecule has 1 aliphatic rings. The molecule has 2 aromatic heterocycles. The van der Waals surface area contributed by atoms with Crippen LogP contribution < -0.4 is 10.1 Å². The number of anilines is 1. The fraction of sp³-hybridized carbons (Fsp3) is 0.412. The third-order valence-electron chi connectivity index (χ3n) is 4.00. The fourth-order valence-electron chi connectivity index (χ4n) is 2.77. The Balaban J connectivity index is 1.64. The van der Waals surface area contributed by atoms with Gasteiger partial charge in [-0.25, -0.2) is 4.98 Å². The van der Waals surface area contributed by atoms with Crippen LogP contribution in [0.4, 0.5) is 5.82 Å². The molecule has 1 amide bonds. The molecule has 0 aliphatic heterocycles. The summed E-state index contributed by atoms with van der Waals surface area (Å²) in [6.45, 7) is 0.668. The first-order chi connectivity index (χ1) is 11.2. The normalized spacial score (nSPS) is 15.3. The number of nitrogens with zero attached hydrogens (tertiary/aromatic N) is 1. The van der Waals surface area contributed by atoms with Gasteiger partial charge in [0.15, 0.2) is 22.0 Å². The molecule has 122 valence electrons. The molecule has 0 spiro atoms. The van der Waals surface area contributed by atoms with E-state index in [1.807, 2.05) is 6.07 Å². The summed E-state index contributed by atoms with van der Waals surface area (Å²) in [5, 5.41) is 2.74. The fourth-order valence-corrected chi connectivity index (χ4v) is 3.07. The molecule has 3 rings (SSSR count). The second-order valence-corrected chi connectivity index (χ2v) is 6.50. The van der Waals surface area contributed by atoms with E-state index in [-0.39, 0.29) is 11.7 Å². The SMILES string of the molecule is O=C(Nc1ncccc1OCC1CCCCC1)c1ccc(Br)o1. The molecule has 2 heterocycles. The number of halogens is 1. The molecule has 1 N–H and O–H groups in total. The van der Waals surface area contributed by atoms with Gasteiger partial charge in [-0.05, 0) is 59.0 Å². The lowest BCUT2D eigenvalue weighted by atomic mass is 9.90. The number of ether oxygens (including phenoxy) is 1. The zero-order chi connectivity index (χ0) is 16.1. The van der Waals surface area contributed by atoms with Crippen molar-refractivity contribution in [3.05, 3.63) is 40.9 Å². The third kappa shape index (κ3) is 4.34. The van der Waals surface area contributed by atoms with Crippen molar-refractivity contribution in [2.45, 2.75) is 32.1 Å². The van der Waals surface area contributed by atoms with Crippen molar-refractivity contribution in [3.63, 3.8) is 0 Å². The summed E-state index contributed by atoms with van der Waals surface area (Å²) in [5.74, 6) is 1.48. The van der Waals surface area contributed by atoms with Crippen molar-refractivity contribution in [1.82, 2.24) is 4.98 Å². The second kappa shape index (κ2) is 7.64. The van der Waals surface area contributed by atoms with Gasteiger partial charge in [0.05, 0.1) is 6.61 Å². The van der Waals surface area contributed by atoms with Gasteiger partial charge in [-0.1, -0.05) is 19.3 Å². The molecular weight excluding hydrogens is 360 g/mol. The van der Waals surface area contributed by atoms with Gasteiger partial charge >= 0.3 is 0 Å². The Hall–Kier alpha value is -1.82. The van der Waals surface area contributed by atoms with Gasteiger partial charge in [0.25, 0.3) is 5.91 Å². The average Bonchev–Trinajstić information content (AvgIpc) is 3.02. The van der Waals surface area contributed by atoms with Gasteiger partial charge in [0.2, 0.25) is 0 Å². The van der Waals surface area contributed by atoms with Crippen molar-refractivity contribution >= 4 is 27.7 Å². The summed E-state index contributed by atoms with van der Waals surface area (Å²) >= 11 is 3.18. The first-order valence-electron chi connectivity index (χ1n) is 7.87. The smallest absolute Gasteiger partial charge is 0.292 e. The molecule has 23 heavy (non-hydrogen) atoms. The van der Waals surface area contributed by atoms with E-state index in [0.717, 1.165) is 0 Å². The van der Waals surface area contributed by atoms with E-state index in [0.29, 0.717) is 28.8 Å². The predicted molar refractivity (Wildman–Crippen MR) is 90.7 cm³/mol. The summed E-state index contributed by atoms with van der Waals surface area (Å²) in [7, 11) is 0. The highest BCUT2D eigenvalue weighted by Crippen LogP contribution is 2.27. The quantitative estimate of drug-likeness (QED) is 0.822. The Morgan fingerprint density at radius 3 is 2.87 bits per heavy atom. The molecule has 6 heteroatoms. The molecular formula is C17H19BrN2O3. The number of nitrogens with one attached hydrogen (secondary N) is 1. The third-order valence-corrected chi connectivity index (χ3v) is 4.43. The number of rotatable bonds is 5. The number of carbonyl (C=O) groups is 1. The number of hydrogen-bond acceptors (Lipinski definition) is 4. The maximum absolute atomic E-state index is 12.2. The van der Waals surface area contributed by atoms with Crippen LogP contribution in [-0.4, -0.2) is 17.5 Å². The van der Waals surface area contributed by atoms with Crippen LogP contribution in [0.15, 0.2) is 39.5 Å².